The van der Waals surface area contributed by atoms with Crippen LogP contribution in [0.1, 0.15) is 27.8 Å². The number of anilines is 1. The molecule has 42 heavy (non-hydrogen) atoms. The number of sulfonamides is 1. The first-order valence-electron chi connectivity index (χ1n) is 13.9. The lowest BCUT2D eigenvalue weighted by molar-refractivity contribution is -0.139. The van der Waals surface area contributed by atoms with Crippen LogP contribution >= 0.6 is 0 Å². The van der Waals surface area contributed by atoms with E-state index in [1.54, 1.807) is 37.4 Å². The van der Waals surface area contributed by atoms with Gasteiger partial charge in [0.2, 0.25) is 11.8 Å². The number of likely N-dealkylation sites (N-methyl/N-ethyl adjacent to an activating group) is 1. The highest BCUT2D eigenvalue weighted by molar-refractivity contribution is 7.92. The van der Waals surface area contributed by atoms with E-state index in [0.717, 1.165) is 32.1 Å². The molecule has 4 aromatic carbocycles. The van der Waals surface area contributed by atoms with Crippen LogP contribution in [-0.4, -0.2) is 44.8 Å². The minimum absolute atomic E-state index is 0.0783. The summed E-state index contributed by atoms with van der Waals surface area (Å²) in [6, 6.07) is 29.8. The third-order valence-electron chi connectivity index (χ3n) is 7.22. The molecule has 8 heteroatoms. The lowest BCUT2D eigenvalue weighted by atomic mass is 10.0. The maximum absolute atomic E-state index is 14.4. The summed E-state index contributed by atoms with van der Waals surface area (Å²) in [6.45, 7) is 5.39. The Kier molecular flexibility index (Phi) is 9.80. The van der Waals surface area contributed by atoms with E-state index >= 15 is 0 Å². The first-order valence-corrected chi connectivity index (χ1v) is 15.3. The molecule has 0 radical (unpaired) electrons. The second-order valence-electron chi connectivity index (χ2n) is 10.4. The molecule has 7 nitrogen and oxygen atoms in total. The highest BCUT2D eigenvalue weighted by Crippen LogP contribution is 2.27. The van der Waals surface area contributed by atoms with Crippen LogP contribution in [0.15, 0.2) is 108 Å². The van der Waals surface area contributed by atoms with Crippen molar-refractivity contribution in [2.24, 2.45) is 0 Å². The van der Waals surface area contributed by atoms with E-state index < -0.39 is 28.5 Å². The van der Waals surface area contributed by atoms with E-state index in [-0.39, 0.29) is 23.8 Å². The molecule has 0 aliphatic rings. The maximum atomic E-state index is 14.4. The fourth-order valence-corrected chi connectivity index (χ4v) is 6.45. The molecule has 0 aliphatic heterocycles. The Balaban J connectivity index is 1.81. The molecule has 218 valence electrons. The van der Waals surface area contributed by atoms with E-state index in [4.69, 9.17) is 0 Å². The monoisotopic (exact) mass is 583 g/mol. The zero-order chi connectivity index (χ0) is 30.3. The van der Waals surface area contributed by atoms with Gasteiger partial charge in [-0.3, -0.25) is 13.9 Å². The Morgan fingerprint density at radius 1 is 0.786 bits per heavy atom. The van der Waals surface area contributed by atoms with Gasteiger partial charge in [-0.1, -0.05) is 78.9 Å². The number of benzene rings is 4. The highest BCUT2D eigenvalue weighted by atomic mass is 32.2. The molecule has 0 spiro atoms. The topological polar surface area (TPSA) is 86.8 Å². The Morgan fingerprint density at radius 3 is 1.95 bits per heavy atom. The molecule has 0 aliphatic carbocycles. The van der Waals surface area contributed by atoms with Gasteiger partial charge in [0.25, 0.3) is 10.0 Å². The second-order valence-corrected chi connectivity index (χ2v) is 12.3. The largest absolute Gasteiger partial charge is 0.357 e. The molecule has 4 aromatic rings. The molecular weight excluding hydrogens is 546 g/mol. The van der Waals surface area contributed by atoms with Crippen molar-refractivity contribution in [3.05, 3.63) is 131 Å². The Hall–Kier alpha value is -4.43. The van der Waals surface area contributed by atoms with Gasteiger partial charge in [-0.2, -0.15) is 0 Å². The van der Waals surface area contributed by atoms with Gasteiger partial charge in [-0.25, -0.2) is 8.42 Å². The summed E-state index contributed by atoms with van der Waals surface area (Å²) in [5.41, 5.74) is 4.85. The van der Waals surface area contributed by atoms with Crippen LogP contribution in [0.2, 0.25) is 0 Å². The molecule has 2 amide bonds. The zero-order valence-electron chi connectivity index (χ0n) is 24.4. The van der Waals surface area contributed by atoms with Crippen LogP contribution in [0, 0.1) is 20.8 Å². The molecule has 0 bridgehead atoms. The lowest BCUT2D eigenvalue weighted by Gasteiger charge is -2.34. The molecule has 4 rings (SSSR count). The first-order chi connectivity index (χ1) is 20.1. The SMILES string of the molecule is CNC(=O)[C@@H](Cc1ccccc1)N(Cc1ccccc1C)C(=O)CN(c1cc(C)cc(C)c1)S(=O)(=O)c1ccccc1. The zero-order valence-corrected chi connectivity index (χ0v) is 25.3. The van der Waals surface area contributed by atoms with Crippen LogP contribution in [0.25, 0.3) is 0 Å². The number of hydrogen-bond donors (Lipinski definition) is 1. The van der Waals surface area contributed by atoms with Crippen LogP contribution in [0.4, 0.5) is 5.69 Å². The van der Waals surface area contributed by atoms with Crippen molar-refractivity contribution in [1.82, 2.24) is 10.2 Å². The average Bonchev–Trinajstić information content (AvgIpc) is 2.98. The second kappa shape index (κ2) is 13.5. The predicted octanol–water partition coefficient (Wildman–Crippen LogP) is 5.19. The molecule has 0 aromatic heterocycles. The lowest BCUT2D eigenvalue weighted by Crippen LogP contribution is -2.53. The number of nitrogens with one attached hydrogen (secondary N) is 1. The number of hydrogen-bond acceptors (Lipinski definition) is 4. The summed E-state index contributed by atoms with van der Waals surface area (Å²) in [6.07, 6.45) is 0.271. The molecule has 0 saturated carbocycles. The first kappa shape index (κ1) is 30.5. The maximum Gasteiger partial charge on any atom is 0.264 e. The van der Waals surface area contributed by atoms with Gasteiger partial charge in [0.05, 0.1) is 10.6 Å². The standard InChI is InChI=1S/C34H37N3O4S/c1-25-19-26(2)21-30(20-25)37(42(40,41)31-17-9-6-10-18-31)24-33(38)36(23-29-16-12-11-13-27(29)3)32(34(39)35-4)22-28-14-7-5-8-15-28/h5-21,32H,22-24H2,1-4H3,(H,35,39)/t32-/m1/s1. The molecule has 0 heterocycles. The number of carbonyl (C=O) groups is 2. The average molecular weight is 584 g/mol. The molecule has 0 fully saturated rings. The number of aryl methyl sites for hydroxylation is 3. The van der Waals surface area contributed by atoms with E-state index in [1.807, 2.05) is 81.4 Å². The van der Waals surface area contributed by atoms with Crippen molar-refractivity contribution in [2.75, 3.05) is 17.9 Å². The summed E-state index contributed by atoms with van der Waals surface area (Å²) in [4.78, 5) is 29.3. The fraction of sp³-hybridized carbons (Fsp3) is 0.235. The summed E-state index contributed by atoms with van der Waals surface area (Å²) in [5, 5.41) is 2.71. The van der Waals surface area contributed by atoms with Gasteiger partial charge in [-0.15, -0.1) is 0 Å². The molecule has 1 N–H and O–H groups in total. The van der Waals surface area contributed by atoms with Gasteiger partial charge in [0, 0.05) is 20.0 Å². The third kappa shape index (κ3) is 7.25. The normalized spacial score (nSPS) is 11.9. The Bertz CT molecular complexity index is 1620. The van der Waals surface area contributed by atoms with Gasteiger partial charge < -0.3 is 10.2 Å². The van der Waals surface area contributed by atoms with Crippen LogP contribution < -0.4 is 9.62 Å². The molecule has 1 atom stereocenters. The van der Waals surface area contributed by atoms with E-state index in [2.05, 4.69) is 5.32 Å². The summed E-state index contributed by atoms with van der Waals surface area (Å²) >= 11 is 0. The predicted molar refractivity (Wildman–Crippen MR) is 167 cm³/mol. The summed E-state index contributed by atoms with van der Waals surface area (Å²) < 4.78 is 29.3. The van der Waals surface area contributed by atoms with E-state index in [9.17, 15) is 18.0 Å². The third-order valence-corrected chi connectivity index (χ3v) is 9.01. The molecule has 0 unspecified atom stereocenters. The van der Waals surface area contributed by atoms with Crippen molar-refractivity contribution in [2.45, 2.75) is 44.7 Å². The summed E-state index contributed by atoms with van der Waals surface area (Å²) in [7, 11) is -2.58. The number of amides is 2. The minimum atomic E-state index is -4.12. The quantitative estimate of drug-likeness (QED) is 0.263. The summed E-state index contributed by atoms with van der Waals surface area (Å²) in [5.74, 6) is -0.814. The van der Waals surface area contributed by atoms with Gasteiger partial charge in [-0.05, 0) is 72.9 Å². The smallest absolute Gasteiger partial charge is 0.264 e. The molecule has 0 saturated heterocycles. The Labute approximate surface area is 248 Å². The fourth-order valence-electron chi connectivity index (χ4n) is 5.03. The Morgan fingerprint density at radius 2 is 1.36 bits per heavy atom. The van der Waals surface area contributed by atoms with Gasteiger partial charge in [0.15, 0.2) is 0 Å². The number of rotatable bonds is 11. The van der Waals surface area contributed by atoms with Crippen molar-refractivity contribution in [1.29, 1.82) is 0 Å². The van der Waals surface area contributed by atoms with Crippen molar-refractivity contribution < 1.29 is 18.0 Å². The van der Waals surface area contributed by atoms with Crippen LogP contribution in [0.3, 0.4) is 0 Å². The van der Waals surface area contributed by atoms with Crippen molar-refractivity contribution >= 4 is 27.5 Å². The van der Waals surface area contributed by atoms with Gasteiger partial charge >= 0.3 is 0 Å². The number of nitrogens with zero attached hydrogens (tertiary/aromatic N) is 2. The number of carbonyl (C=O) groups excluding carboxylic acids is 2. The van der Waals surface area contributed by atoms with Crippen LogP contribution in [-0.2, 0) is 32.6 Å². The van der Waals surface area contributed by atoms with Gasteiger partial charge in [0.1, 0.15) is 12.6 Å². The van der Waals surface area contributed by atoms with E-state index in [0.29, 0.717) is 5.69 Å². The minimum Gasteiger partial charge on any atom is -0.357 e. The van der Waals surface area contributed by atoms with Crippen molar-refractivity contribution in [3.63, 3.8) is 0 Å². The highest BCUT2D eigenvalue weighted by Gasteiger charge is 2.34. The molecular formula is C34H37N3O4S. The van der Waals surface area contributed by atoms with E-state index in [1.165, 1.54) is 17.0 Å². The van der Waals surface area contributed by atoms with Crippen molar-refractivity contribution in [3.8, 4) is 0 Å². The van der Waals surface area contributed by atoms with Crippen LogP contribution in [0.5, 0.6) is 0 Å².